The normalized spacial score (nSPS) is 10.7. The average Bonchev–Trinajstić information content (AvgIpc) is 2.77. The molecule has 0 radical (unpaired) electrons. The van der Waals surface area contributed by atoms with E-state index in [4.69, 9.17) is 5.73 Å². The van der Waals surface area contributed by atoms with Gasteiger partial charge in [0.15, 0.2) is 0 Å². The molecule has 1 aromatic heterocycles. The minimum Gasteiger partial charge on any atom is -0.383 e. The zero-order valence-electron chi connectivity index (χ0n) is 11.0. The van der Waals surface area contributed by atoms with Crippen LogP contribution in [0.5, 0.6) is 0 Å². The standard InChI is InChI=1S/C16H14IN3/c1-20-16(18)14(11-5-3-2-4-6-11)15(19-20)12-7-9-13(17)10-8-12/h2-10H,18H2,1H3. The van der Waals surface area contributed by atoms with Crippen LogP contribution in [0.4, 0.5) is 5.82 Å². The molecule has 0 bridgehead atoms. The van der Waals surface area contributed by atoms with Crippen molar-refractivity contribution in [1.82, 2.24) is 9.78 Å². The molecule has 0 saturated carbocycles. The predicted molar refractivity (Wildman–Crippen MR) is 91.2 cm³/mol. The molecule has 2 aromatic carbocycles. The summed E-state index contributed by atoms with van der Waals surface area (Å²) in [4.78, 5) is 0. The third kappa shape index (κ3) is 2.31. The molecular weight excluding hydrogens is 361 g/mol. The molecule has 0 unspecified atom stereocenters. The highest BCUT2D eigenvalue weighted by molar-refractivity contribution is 14.1. The third-order valence-corrected chi connectivity index (χ3v) is 3.99. The maximum Gasteiger partial charge on any atom is 0.129 e. The van der Waals surface area contributed by atoms with E-state index >= 15 is 0 Å². The van der Waals surface area contributed by atoms with Gasteiger partial charge in [-0.1, -0.05) is 42.5 Å². The second kappa shape index (κ2) is 5.28. The van der Waals surface area contributed by atoms with Gasteiger partial charge in [-0.3, -0.25) is 4.68 Å². The molecule has 100 valence electrons. The maximum atomic E-state index is 6.20. The van der Waals surface area contributed by atoms with E-state index in [1.165, 1.54) is 3.57 Å². The molecule has 3 rings (SSSR count). The zero-order valence-corrected chi connectivity index (χ0v) is 13.2. The summed E-state index contributed by atoms with van der Waals surface area (Å²) in [6.45, 7) is 0. The van der Waals surface area contributed by atoms with E-state index in [-0.39, 0.29) is 0 Å². The molecule has 4 heteroatoms. The van der Waals surface area contributed by atoms with Crippen LogP contribution in [0.25, 0.3) is 22.4 Å². The van der Waals surface area contributed by atoms with E-state index in [0.29, 0.717) is 5.82 Å². The summed E-state index contributed by atoms with van der Waals surface area (Å²) in [7, 11) is 1.87. The maximum absolute atomic E-state index is 6.20. The van der Waals surface area contributed by atoms with E-state index < -0.39 is 0 Å². The molecule has 3 nitrogen and oxygen atoms in total. The number of hydrogen-bond donors (Lipinski definition) is 1. The molecule has 0 saturated heterocycles. The average molecular weight is 375 g/mol. The number of halogens is 1. The molecule has 0 fully saturated rings. The van der Waals surface area contributed by atoms with E-state index in [1.54, 1.807) is 4.68 Å². The van der Waals surface area contributed by atoms with Crippen molar-refractivity contribution in [1.29, 1.82) is 0 Å². The Bertz CT molecular complexity index is 730. The van der Waals surface area contributed by atoms with Crippen LogP contribution in [0.1, 0.15) is 0 Å². The van der Waals surface area contributed by atoms with E-state index in [1.807, 2.05) is 25.2 Å². The van der Waals surface area contributed by atoms with Crippen molar-refractivity contribution in [3.8, 4) is 22.4 Å². The number of anilines is 1. The number of aryl methyl sites for hydroxylation is 1. The summed E-state index contributed by atoms with van der Waals surface area (Å²) in [5.74, 6) is 0.685. The zero-order chi connectivity index (χ0) is 14.1. The fourth-order valence-electron chi connectivity index (χ4n) is 2.24. The first-order valence-electron chi connectivity index (χ1n) is 6.30. The lowest BCUT2D eigenvalue weighted by Gasteiger charge is -2.04. The van der Waals surface area contributed by atoms with Gasteiger partial charge in [-0.25, -0.2) is 0 Å². The summed E-state index contributed by atoms with van der Waals surface area (Å²) < 4.78 is 2.94. The Hall–Kier alpha value is -1.82. The van der Waals surface area contributed by atoms with Gasteiger partial charge in [-0.2, -0.15) is 5.10 Å². The summed E-state index contributed by atoms with van der Waals surface area (Å²) in [5.41, 5.74) is 10.3. The van der Waals surface area contributed by atoms with E-state index in [9.17, 15) is 0 Å². The lowest BCUT2D eigenvalue weighted by atomic mass is 10.0. The lowest BCUT2D eigenvalue weighted by Crippen LogP contribution is -1.97. The van der Waals surface area contributed by atoms with Crippen LogP contribution in [0.15, 0.2) is 54.6 Å². The molecular formula is C16H14IN3. The molecule has 0 atom stereocenters. The van der Waals surface area contributed by atoms with Crippen LogP contribution >= 0.6 is 22.6 Å². The van der Waals surface area contributed by atoms with E-state index in [2.05, 4.69) is 64.1 Å². The Morgan fingerprint density at radius 1 is 0.950 bits per heavy atom. The second-order valence-corrected chi connectivity index (χ2v) is 5.85. The third-order valence-electron chi connectivity index (χ3n) is 3.27. The molecule has 0 aliphatic heterocycles. The number of nitrogens with zero attached hydrogens (tertiary/aromatic N) is 2. The molecule has 0 aliphatic rings. The van der Waals surface area contributed by atoms with Crippen molar-refractivity contribution in [3.63, 3.8) is 0 Å². The summed E-state index contributed by atoms with van der Waals surface area (Å²) >= 11 is 2.30. The van der Waals surface area contributed by atoms with Crippen LogP contribution in [0, 0.1) is 3.57 Å². The first-order chi connectivity index (χ1) is 9.66. The number of aromatic nitrogens is 2. The first kappa shape index (κ1) is 13.2. The highest BCUT2D eigenvalue weighted by Gasteiger charge is 2.16. The molecule has 1 heterocycles. The van der Waals surface area contributed by atoms with Gasteiger partial charge in [0.05, 0.1) is 5.56 Å². The van der Waals surface area contributed by atoms with Gasteiger partial charge in [-0.15, -0.1) is 0 Å². The Kier molecular flexibility index (Phi) is 3.48. The molecule has 2 N–H and O–H groups in total. The van der Waals surface area contributed by atoms with Crippen molar-refractivity contribution >= 4 is 28.4 Å². The van der Waals surface area contributed by atoms with Gasteiger partial charge in [-0.05, 0) is 40.3 Å². The molecule has 0 amide bonds. The number of nitrogen functional groups attached to an aromatic ring is 1. The predicted octanol–water partition coefficient (Wildman–Crippen LogP) is 3.94. The van der Waals surface area contributed by atoms with Crippen LogP contribution in [0.3, 0.4) is 0 Å². The van der Waals surface area contributed by atoms with Crippen molar-refractivity contribution in [2.75, 3.05) is 5.73 Å². The molecule has 3 aromatic rings. The summed E-state index contributed by atoms with van der Waals surface area (Å²) in [6.07, 6.45) is 0. The SMILES string of the molecule is Cn1nc(-c2ccc(I)cc2)c(-c2ccccc2)c1N. The number of hydrogen-bond acceptors (Lipinski definition) is 2. The Balaban J connectivity index is 2.22. The smallest absolute Gasteiger partial charge is 0.129 e. The van der Waals surface area contributed by atoms with Crippen LogP contribution < -0.4 is 5.73 Å². The van der Waals surface area contributed by atoms with Crippen molar-refractivity contribution in [3.05, 3.63) is 58.2 Å². The highest BCUT2D eigenvalue weighted by atomic mass is 127. The Morgan fingerprint density at radius 3 is 2.25 bits per heavy atom. The van der Waals surface area contributed by atoms with E-state index in [0.717, 1.165) is 22.4 Å². The summed E-state index contributed by atoms with van der Waals surface area (Å²) in [6, 6.07) is 18.5. The minimum atomic E-state index is 0.685. The fourth-order valence-corrected chi connectivity index (χ4v) is 2.60. The van der Waals surface area contributed by atoms with Crippen LogP contribution in [-0.4, -0.2) is 9.78 Å². The first-order valence-corrected chi connectivity index (χ1v) is 7.38. The molecule has 20 heavy (non-hydrogen) atoms. The van der Waals surface area contributed by atoms with Gasteiger partial charge < -0.3 is 5.73 Å². The van der Waals surface area contributed by atoms with Crippen molar-refractivity contribution < 1.29 is 0 Å². The number of nitrogens with two attached hydrogens (primary N) is 1. The van der Waals surface area contributed by atoms with Crippen molar-refractivity contribution in [2.24, 2.45) is 7.05 Å². The van der Waals surface area contributed by atoms with Crippen LogP contribution in [-0.2, 0) is 7.05 Å². The fraction of sp³-hybridized carbons (Fsp3) is 0.0625. The largest absolute Gasteiger partial charge is 0.383 e. The van der Waals surface area contributed by atoms with Gasteiger partial charge in [0, 0.05) is 16.2 Å². The highest BCUT2D eigenvalue weighted by Crippen LogP contribution is 2.35. The number of benzene rings is 2. The molecule has 0 spiro atoms. The summed E-state index contributed by atoms with van der Waals surface area (Å²) in [5, 5.41) is 4.58. The molecule has 0 aliphatic carbocycles. The van der Waals surface area contributed by atoms with Gasteiger partial charge >= 0.3 is 0 Å². The minimum absolute atomic E-state index is 0.685. The number of rotatable bonds is 2. The lowest BCUT2D eigenvalue weighted by molar-refractivity contribution is 0.782. The van der Waals surface area contributed by atoms with Gasteiger partial charge in [0.25, 0.3) is 0 Å². The Morgan fingerprint density at radius 2 is 1.60 bits per heavy atom. The van der Waals surface area contributed by atoms with Gasteiger partial charge in [0.1, 0.15) is 11.5 Å². The monoisotopic (exact) mass is 375 g/mol. The second-order valence-electron chi connectivity index (χ2n) is 4.61. The van der Waals surface area contributed by atoms with Crippen LogP contribution in [0.2, 0.25) is 0 Å². The topological polar surface area (TPSA) is 43.8 Å². The Labute approximate surface area is 131 Å². The quantitative estimate of drug-likeness (QED) is 0.690. The van der Waals surface area contributed by atoms with Crippen molar-refractivity contribution in [2.45, 2.75) is 0 Å². The van der Waals surface area contributed by atoms with Gasteiger partial charge in [0.2, 0.25) is 0 Å².